The molecule has 1 aromatic rings. The SMILES string of the molecule is CC(NCCCOCC1CC1)c1cscn1. The molecule has 4 heteroatoms. The standard InChI is InChI=1S/C12H20N2OS/c1-10(12-8-16-9-14-12)13-5-2-6-15-7-11-3-4-11/h8-11,13H,2-7H2,1H3. The van der Waals surface area contributed by atoms with Gasteiger partial charge in [-0.05, 0) is 38.6 Å². The number of rotatable bonds is 8. The fourth-order valence-corrected chi connectivity index (χ4v) is 2.22. The third kappa shape index (κ3) is 4.20. The maximum absolute atomic E-state index is 5.58. The van der Waals surface area contributed by atoms with E-state index in [2.05, 4.69) is 22.6 Å². The van der Waals surface area contributed by atoms with Gasteiger partial charge in [0, 0.05) is 24.6 Å². The van der Waals surface area contributed by atoms with Crippen molar-refractivity contribution in [3.63, 3.8) is 0 Å². The number of hydrogen-bond donors (Lipinski definition) is 1. The maximum Gasteiger partial charge on any atom is 0.0795 e. The Balaban J connectivity index is 1.47. The van der Waals surface area contributed by atoms with Crippen LogP contribution in [0.1, 0.15) is 37.9 Å². The Morgan fingerprint density at radius 3 is 3.19 bits per heavy atom. The lowest BCUT2D eigenvalue weighted by molar-refractivity contribution is 0.121. The first-order valence-corrected chi connectivity index (χ1v) is 7.00. The molecule has 0 aromatic carbocycles. The predicted molar refractivity (Wildman–Crippen MR) is 66.7 cm³/mol. The van der Waals surface area contributed by atoms with Crippen LogP contribution in [0.5, 0.6) is 0 Å². The summed E-state index contributed by atoms with van der Waals surface area (Å²) in [6.45, 7) is 5.01. The van der Waals surface area contributed by atoms with Gasteiger partial charge >= 0.3 is 0 Å². The summed E-state index contributed by atoms with van der Waals surface area (Å²) >= 11 is 1.65. The number of nitrogens with zero attached hydrogens (tertiary/aromatic N) is 1. The number of nitrogens with one attached hydrogen (secondary N) is 1. The Morgan fingerprint density at radius 1 is 1.62 bits per heavy atom. The smallest absolute Gasteiger partial charge is 0.0795 e. The Morgan fingerprint density at radius 2 is 2.50 bits per heavy atom. The molecule has 90 valence electrons. The molecule has 16 heavy (non-hydrogen) atoms. The van der Waals surface area contributed by atoms with Crippen molar-refractivity contribution < 1.29 is 4.74 Å². The van der Waals surface area contributed by atoms with Crippen molar-refractivity contribution in [3.8, 4) is 0 Å². The van der Waals surface area contributed by atoms with Crippen molar-refractivity contribution >= 4 is 11.3 Å². The molecule has 1 aromatic heterocycles. The van der Waals surface area contributed by atoms with Gasteiger partial charge in [0.05, 0.1) is 11.2 Å². The second-order valence-corrected chi connectivity index (χ2v) is 5.18. The van der Waals surface area contributed by atoms with E-state index in [0.717, 1.165) is 37.8 Å². The van der Waals surface area contributed by atoms with Crippen LogP contribution in [0.2, 0.25) is 0 Å². The van der Waals surface area contributed by atoms with Gasteiger partial charge in [-0.2, -0.15) is 0 Å². The van der Waals surface area contributed by atoms with E-state index in [0.29, 0.717) is 6.04 Å². The summed E-state index contributed by atoms with van der Waals surface area (Å²) in [5, 5.41) is 5.55. The summed E-state index contributed by atoms with van der Waals surface area (Å²) in [7, 11) is 0. The fraction of sp³-hybridized carbons (Fsp3) is 0.750. The van der Waals surface area contributed by atoms with Gasteiger partial charge < -0.3 is 10.1 Å². The van der Waals surface area contributed by atoms with Crippen LogP contribution in [-0.4, -0.2) is 24.7 Å². The van der Waals surface area contributed by atoms with E-state index in [9.17, 15) is 0 Å². The van der Waals surface area contributed by atoms with E-state index in [-0.39, 0.29) is 0 Å². The topological polar surface area (TPSA) is 34.1 Å². The molecule has 1 fully saturated rings. The van der Waals surface area contributed by atoms with Crippen molar-refractivity contribution in [2.45, 2.75) is 32.2 Å². The molecule has 0 bridgehead atoms. The maximum atomic E-state index is 5.58. The van der Waals surface area contributed by atoms with Crippen LogP contribution in [0, 0.1) is 5.92 Å². The molecule has 2 rings (SSSR count). The largest absolute Gasteiger partial charge is 0.381 e. The van der Waals surface area contributed by atoms with E-state index in [1.807, 2.05) is 5.51 Å². The molecular weight excluding hydrogens is 220 g/mol. The molecule has 0 saturated heterocycles. The zero-order valence-electron chi connectivity index (χ0n) is 9.82. The quantitative estimate of drug-likeness (QED) is 0.709. The molecule has 3 nitrogen and oxygen atoms in total. The highest BCUT2D eigenvalue weighted by molar-refractivity contribution is 7.07. The Kier molecular flexibility index (Phi) is 4.75. The van der Waals surface area contributed by atoms with E-state index < -0.39 is 0 Å². The minimum absolute atomic E-state index is 0.356. The highest BCUT2D eigenvalue weighted by Gasteiger charge is 2.20. The third-order valence-electron chi connectivity index (χ3n) is 2.86. The lowest BCUT2D eigenvalue weighted by Crippen LogP contribution is -2.21. The van der Waals surface area contributed by atoms with E-state index in [4.69, 9.17) is 4.74 Å². The zero-order valence-corrected chi connectivity index (χ0v) is 10.6. The van der Waals surface area contributed by atoms with Crippen LogP contribution in [0.4, 0.5) is 0 Å². The number of hydrogen-bond acceptors (Lipinski definition) is 4. The second kappa shape index (κ2) is 6.33. The lowest BCUT2D eigenvalue weighted by Gasteiger charge is -2.11. The van der Waals surface area contributed by atoms with Crippen LogP contribution in [0.15, 0.2) is 10.9 Å². The van der Waals surface area contributed by atoms with Crippen LogP contribution in [0.25, 0.3) is 0 Å². The predicted octanol–water partition coefficient (Wildman–Crippen LogP) is 2.61. The van der Waals surface area contributed by atoms with Crippen molar-refractivity contribution in [2.75, 3.05) is 19.8 Å². The van der Waals surface area contributed by atoms with Crippen LogP contribution in [0.3, 0.4) is 0 Å². The third-order valence-corrected chi connectivity index (χ3v) is 3.47. The van der Waals surface area contributed by atoms with Gasteiger partial charge in [0.1, 0.15) is 0 Å². The number of aromatic nitrogens is 1. The Bertz CT molecular complexity index is 285. The molecule has 0 aliphatic heterocycles. The van der Waals surface area contributed by atoms with Gasteiger partial charge in [0.2, 0.25) is 0 Å². The van der Waals surface area contributed by atoms with Gasteiger partial charge in [-0.1, -0.05) is 0 Å². The van der Waals surface area contributed by atoms with Gasteiger partial charge in [0.25, 0.3) is 0 Å². The van der Waals surface area contributed by atoms with Crippen LogP contribution < -0.4 is 5.32 Å². The van der Waals surface area contributed by atoms with Crippen LogP contribution >= 0.6 is 11.3 Å². The molecular formula is C12H20N2OS. The van der Waals surface area contributed by atoms with Gasteiger partial charge in [-0.25, -0.2) is 4.98 Å². The summed E-state index contributed by atoms with van der Waals surface area (Å²) < 4.78 is 5.58. The summed E-state index contributed by atoms with van der Waals surface area (Å²) in [5.74, 6) is 0.877. The highest BCUT2D eigenvalue weighted by atomic mass is 32.1. The molecule has 1 atom stereocenters. The van der Waals surface area contributed by atoms with Crippen molar-refractivity contribution in [1.29, 1.82) is 0 Å². The average Bonchev–Trinajstić information content (AvgIpc) is 2.95. The molecule has 1 aliphatic carbocycles. The summed E-state index contributed by atoms with van der Waals surface area (Å²) in [6, 6.07) is 0.356. The molecule has 0 amide bonds. The molecule has 1 heterocycles. The average molecular weight is 240 g/mol. The minimum Gasteiger partial charge on any atom is -0.381 e. The van der Waals surface area contributed by atoms with Crippen LogP contribution in [-0.2, 0) is 4.74 Å². The molecule has 1 aliphatic rings. The minimum atomic E-state index is 0.356. The Hall–Kier alpha value is -0.450. The first kappa shape index (κ1) is 12.0. The van der Waals surface area contributed by atoms with Gasteiger partial charge in [-0.3, -0.25) is 0 Å². The second-order valence-electron chi connectivity index (χ2n) is 4.46. The van der Waals surface area contributed by atoms with Gasteiger partial charge in [0.15, 0.2) is 0 Å². The van der Waals surface area contributed by atoms with Gasteiger partial charge in [-0.15, -0.1) is 11.3 Å². The lowest BCUT2D eigenvalue weighted by atomic mass is 10.2. The van der Waals surface area contributed by atoms with Crippen molar-refractivity contribution in [2.24, 2.45) is 5.92 Å². The molecule has 1 N–H and O–H groups in total. The van der Waals surface area contributed by atoms with E-state index >= 15 is 0 Å². The summed E-state index contributed by atoms with van der Waals surface area (Å²) in [6.07, 6.45) is 3.83. The number of thiazole rings is 1. The fourth-order valence-electron chi connectivity index (χ4n) is 1.57. The summed E-state index contributed by atoms with van der Waals surface area (Å²) in [5.41, 5.74) is 3.02. The van der Waals surface area contributed by atoms with Crippen molar-refractivity contribution in [1.82, 2.24) is 10.3 Å². The molecule has 0 radical (unpaired) electrons. The molecule has 1 saturated carbocycles. The monoisotopic (exact) mass is 240 g/mol. The molecule has 0 spiro atoms. The zero-order chi connectivity index (χ0) is 11.2. The first-order chi connectivity index (χ1) is 7.86. The number of ether oxygens (including phenoxy) is 1. The first-order valence-electron chi connectivity index (χ1n) is 6.05. The van der Waals surface area contributed by atoms with E-state index in [1.54, 1.807) is 11.3 Å². The summed E-state index contributed by atoms with van der Waals surface area (Å²) in [4.78, 5) is 4.29. The highest BCUT2D eigenvalue weighted by Crippen LogP contribution is 2.28. The Labute approximate surface area is 101 Å². The van der Waals surface area contributed by atoms with E-state index in [1.165, 1.54) is 12.8 Å². The normalized spacial score (nSPS) is 17.6. The molecule has 1 unspecified atom stereocenters. The van der Waals surface area contributed by atoms with Crippen molar-refractivity contribution in [3.05, 3.63) is 16.6 Å².